The monoisotopic (exact) mass is 472 g/mol. The summed E-state index contributed by atoms with van der Waals surface area (Å²) < 4.78 is 18.0. The van der Waals surface area contributed by atoms with Crippen LogP contribution in [0.15, 0.2) is 0 Å². The van der Waals surface area contributed by atoms with Gasteiger partial charge < -0.3 is 14.2 Å². The van der Waals surface area contributed by atoms with E-state index in [0.717, 1.165) is 25.7 Å². The van der Waals surface area contributed by atoms with E-state index in [-0.39, 0.29) is 23.7 Å². The van der Waals surface area contributed by atoms with Gasteiger partial charge in [-0.05, 0) is 82.0 Å². The molecule has 6 heteroatoms. The highest BCUT2D eigenvalue weighted by Gasteiger charge is 2.76. The number of hydrogen-bond donors (Lipinski definition) is 0. The molecule has 34 heavy (non-hydrogen) atoms. The third-order valence-corrected chi connectivity index (χ3v) is 11.3. The van der Waals surface area contributed by atoms with Crippen molar-refractivity contribution in [1.29, 1.82) is 0 Å². The van der Waals surface area contributed by atoms with E-state index in [4.69, 9.17) is 14.2 Å². The van der Waals surface area contributed by atoms with E-state index >= 15 is 0 Å². The predicted molar refractivity (Wildman–Crippen MR) is 123 cm³/mol. The van der Waals surface area contributed by atoms with Gasteiger partial charge in [0, 0.05) is 11.8 Å². The Balaban J connectivity index is 1.14. The molecule has 0 aromatic carbocycles. The Morgan fingerprint density at radius 3 is 2.41 bits per heavy atom. The van der Waals surface area contributed by atoms with Gasteiger partial charge in [0.1, 0.15) is 17.8 Å². The second-order valence-corrected chi connectivity index (χ2v) is 13.1. The van der Waals surface area contributed by atoms with Gasteiger partial charge in [-0.15, -0.1) is 0 Å². The van der Waals surface area contributed by atoms with Crippen molar-refractivity contribution < 1.29 is 28.6 Å². The van der Waals surface area contributed by atoms with Crippen molar-refractivity contribution in [2.45, 2.75) is 103 Å². The van der Waals surface area contributed by atoms with Crippen molar-refractivity contribution >= 4 is 17.9 Å². The van der Waals surface area contributed by atoms with E-state index in [1.54, 1.807) is 0 Å². The molecular formula is C28H40O6. The third kappa shape index (κ3) is 3.08. The Hall–Kier alpha value is -1.59. The zero-order valence-electron chi connectivity index (χ0n) is 21.1. The van der Waals surface area contributed by atoms with Crippen LogP contribution in [0.25, 0.3) is 0 Å². The molecule has 6 fully saturated rings. The molecule has 5 aliphatic carbocycles. The Morgan fingerprint density at radius 2 is 1.74 bits per heavy atom. The molecule has 4 bridgehead atoms. The summed E-state index contributed by atoms with van der Waals surface area (Å²) in [5, 5.41) is 0. The fourth-order valence-corrected chi connectivity index (χ4v) is 9.08. The molecule has 1 heterocycles. The summed E-state index contributed by atoms with van der Waals surface area (Å²) in [4.78, 5) is 39.9. The highest BCUT2D eigenvalue weighted by molar-refractivity contribution is 6.03. The number of ether oxygens (including phenoxy) is 3. The van der Waals surface area contributed by atoms with Gasteiger partial charge in [-0.3, -0.25) is 14.4 Å². The number of fused-ring (bicyclic) bond motifs is 3. The molecule has 0 N–H and O–H groups in total. The van der Waals surface area contributed by atoms with Crippen LogP contribution in [0.2, 0.25) is 0 Å². The smallest absolute Gasteiger partial charge is 0.324 e. The number of rotatable bonds is 5. The summed E-state index contributed by atoms with van der Waals surface area (Å²) in [6.07, 6.45) is 7.90. The highest BCUT2D eigenvalue weighted by Crippen LogP contribution is 2.64. The minimum atomic E-state index is -1.21. The number of hydrogen-bond acceptors (Lipinski definition) is 6. The highest BCUT2D eigenvalue weighted by atomic mass is 16.6. The van der Waals surface area contributed by atoms with Crippen LogP contribution in [0.3, 0.4) is 0 Å². The van der Waals surface area contributed by atoms with Crippen LogP contribution >= 0.6 is 0 Å². The largest absolute Gasteiger partial charge is 0.459 e. The van der Waals surface area contributed by atoms with Gasteiger partial charge in [0.05, 0.1) is 5.92 Å². The average molecular weight is 473 g/mol. The molecule has 0 radical (unpaired) electrons. The SMILES string of the molecule is CC1C2CC(C(=O)OC3C4CC5C3OC(=O)C5(C(=O)OC(C)(C)C3CCCCC3)C4)C(C2)C1C. The average Bonchev–Trinajstić information content (AvgIpc) is 3.57. The van der Waals surface area contributed by atoms with E-state index in [0.29, 0.717) is 42.4 Å². The first-order valence-corrected chi connectivity index (χ1v) is 13.8. The third-order valence-electron chi connectivity index (χ3n) is 11.3. The molecule has 188 valence electrons. The van der Waals surface area contributed by atoms with Crippen molar-refractivity contribution in [2.24, 2.45) is 52.8 Å². The van der Waals surface area contributed by atoms with Crippen LogP contribution in [0.4, 0.5) is 0 Å². The van der Waals surface area contributed by atoms with Crippen molar-refractivity contribution in [3.8, 4) is 0 Å². The van der Waals surface area contributed by atoms with Crippen LogP contribution in [-0.2, 0) is 28.6 Å². The summed E-state index contributed by atoms with van der Waals surface area (Å²) in [5.41, 5.74) is -1.80. The Kier molecular flexibility index (Phi) is 5.18. The first-order valence-electron chi connectivity index (χ1n) is 13.8. The zero-order chi connectivity index (χ0) is 24.0. The Bertz CT molecular complexity index is 887. The molecule has 6 rings (SSSR count). The fourth-order valence-electron chi connectivity index (χ4n) is 9.08. The number of carbonyl (C=O) groups excluding carboxylic acids is 3. The quantitative estimate of drug-likeness (QED) is 0.328. The lowest BCUT2D eigenvalue weighted by Crippen LogP contribution is -2.49. The van der Waals surface area contributed by atoms with Crippen LogP contribution in [-0.4, -0.2) is 35.7 Å². The topological polar surface area (TPSA) is 78.9 Å². The minimum Gasteiger partial charge on any atom is -0.459 e. The van der Waals surface area contributed by atoms with Gasteiger partial charge in [-0.2, -0.15) is 0 Å². The minimum absolute atomic E-state index is 0.00863. The van der Waals surface area contributed by atoms with E-state index in [2.05, 4.69) is 13.8 Å². The molecule has 6 nitrogen and oxygen atoms in total. The van der Waals surface area contributed by atoms with Crippen LogP contribution in [0.5, 0.6) is 0 Å². The van der Waals surface area contributed by atoms with Crippen LogP contribution in [0, 0.1) is 52.8 Å². The second kappa shape index (κ2) is 7.70. The van der Waals surface area contributed by atoms with Gasteiger partial charge in [0.15, 0.2) is 5.41 Å². The predicted octanol–water partition coefficient (Wildman–Crippen LogP) is 4.68. The maximum absolute atomic E-state index is 13.5. The van der Waals surface area contributed by atoms with Crippen molar-refractivity contribution in [3.63, 3.8) is 0 Å². The van der Waals surface area contributed by atoms with Gasteiger partial charge in [-0.25, -0.2) is 0 Å². The lowest BCUT2D eigenvalue weighted by molar-refractivity contribution is -0.181. The van der Waals surface area contributed by atoms with E-state index < -0.39 is 35.2 Å². The summed E-state index contributed by atoms with van der Waals surface area (Å²) in [6.45, 7) is 8.55. The molecular weight excluding hydrogens is 432 g/mol. The van der Waals surface area contributed by atoms with Gasteiger partial charge in [-0.1, -0.05) is 33.1 Å². The molecule has 0 spiro atoms. The fraction of sp³-hybridized carbons (Fsp3) is 0.893. The summed E-state index contributed by atoms with van der Waals surface area (Å²) >= 11 is 0. The summed E-state index contributed by atoms with van der Waals surface area (Å²) in [7, 11) is 0. The van der Waals surface area contributed by atoms with E-state index in [1.807, 2.05) is 13.8 Å². The van der Waals surface area contributed by atoms with Gasteiger partial charge in [0.2, 0.25) is 0 Å². The normalized spacial score (nSPS) is 47.2. The molecule has 6 aliphatic rings. The van der Waals surface area contributed by atoms with Crippen molar-refractivity contribution in [2.75, 3.05) is 0 Å². The first kappa shape index (κ1) is 22.8. The second-order valence-electron chi connectivity index (χ2n) is 13.1. The van der Waals surface area contributed by atoms with Crippen LogP contribution < -0.4 is 0 Å². The molecule has 0 amide bonds. The van der Waals surface area contributed by atoms with E-state index in [9.17, 15) is 14.4 Å². The molecule has 10 atom stereocenters. The lowest BCUT2D eigenvalue weighted by Gasteiger charge is -2.39. The molecule has 5 saturated carbocycles. The number of carbonyl (C=O) groups is 3. The molecule has 0 aromatic rings. The first-order chi connectivity index (χ1) is 16.1. The maximum Gasteiger partial charge on any atom is 0.324 e. The van der Waals surface area contributed by atoms with Crippen LogP contribution in [0.1, 0.15) is 85.5 Å². The van der Waals surface area contributed by atoms with Crippen molar-refractivity contribution in [3.05, 3.63) is 0 Å². The van der Waals surface area contributed by atoms with E-state index in [1.165, 1.54) is 19.3 Å². The summed E-state index contributed by atoms with van der Waals surface area (Å²) in [6, 6.07) is 0. The molecule has 10 unspecified atom stereocenters. The Labute approximate surface area is 202 Å². The summed E-state index contributed by atoms with van der Waals surface area (Å²) in [5.74, 6) is 1.32. The van der Waals surface area contributed by atoms with Gasteiger partial charge in [0.25, 0.3) is 0 Å². The Morgan fingerprint density at radius 1 is 1.00 bits per heavy atom. The molecule has 1 aliphatic heterocycles. The zero-order valence-corrected chi connectivity index (χ0v) is 21.1. The maximum atomic E-state index is 13.5. The lowest BCUT2D eigenvalue weighted by atomic mass is 9.72. The standard InChI is InChI=1S/C28H40O6/c1-14-15(2)19-10-16(14)11-20(19)24(29)32-22-17-12-21-23(22)33-25(30)28(21,13-17)26(31)34-27(3,4)18-8-6-5-7-9-18/h14-23H,5-13H2,1-4H3. The number of esters is 3. The van der Waals surface area contributed by atoms with Crippen molar-refractivity contribution in [1.82, 2.24) is 0 Å². The van der Waals surface area contributed by atoms with Gasteiger partial charge >= 0.3 is 17.9 Å². The molecule has 1 saturated heterocycles. The molecule has 0 aromatic heterocycles.